The van der Waals surface area contributed by atoms with Crippen LogP contribution in [0.1, 0.15) is 20.3 Å². The van der Waals surface area contributed by atoms with E-state index in [0.717, 1.165) is 0 Å². The van der Waals surface area contributed by atoms with Gasteiger partial charge in [-0.1, -0.05) is 12.2 Å². The van der Waals surface area contributed by atoms with Crippen molar-refractivity contribution in [2.75, 3.05) is 0 Å². The van der Waals surface area contributed by atoms with Gasteiger partial charge in [-0.2, -0.15) is 0 Å². The van der Waals surface area contributed by atoms with Gasteiger partial charge in [0.05, 0.1) is 6.10 Å². The van der Waals surface area contributed by atoms with Gasteiger partial charge < -0.3 is 5.11 Å². The maximum absolute atomic E-state index is 9.06. The molecule has 1 fully saturated rings. The number of aliphatic hydroxyl groups excluding tert-OH is 1. The van der Waals surface area contributed by atoms with E-state index in [1.165, 1.54) is 6.42 Å². The van der Waals surface area contributed by atoms with Gasteiger partial charge in [-0.3, -0.25) is 0 Å². The Morgan fingerprint density at radius 1 is 1.67 bits per heavy atom. The number of allylic oxidation sites excluding steroid dienone is 2. The summed E-state index contributed by atoms with van der Waals surface area (Å²) >= 11 is 0. The zero-order chi connectivity index (χ0) is 6.85. The Bertz CT molecular complexity index is 116. The molecule has 9 heavy (non-hydrogen) atoms. The molecule has 52 valence electrons. The highest BCUT2D eigenvalue weighted by atomic mass is 16.3. The Morgan fingerprint density at radius 2 is 2.33 bits per heavy atom. The molecule has 1 aliphatic rings. The maximum atomic E-state index is 9.06. The van der Waals surface area contributed by atoms with Gasteiger partial charge in [0.1, 0.15) is 0 Å². The molecule has 1 rings (SSSR count). The lowest BCUT2D eigenvalue weighted by atomic mass is 10.2. The monoisotopic (exact) mass is 126 g/mol. The Kier molecular flexibility index (Phi) is 1.91. The number of aliphatic hydroxyl groups is 1. The summed E-state index contributed by atoms with van der Waals surface area (Å²) in [5, 5.41) is 9.06. The van der Waals surface area contributed by atoms with Crippen LogP contribution in [0.5, 0.6) is 0 Å². The Hall–Kier alpha value is -0.300. The molecule has 0 amide bonds. The molecule has 1 aliphatic carbocycles. The quantitative estimate of drug-likeness (QED) is 0.557. The predicted octanol–water partition coefficient (Wildman–Crippen LogP) is 1.58. The van der Waals surface area contributed by atoms with Crippen LogP contribution in [-0.4, -0.2) is 11.2 Å². The molecule has 0 bridgehead atoms. The van der Waals surface area contributed by atoms with Crippen molar-refractivity contribution in [3.8, 4) is 0 Å². The Balaban J connectivity index is 2.24. The van der Waals surface area contributed by atoms with Crippen LogP contribution in [0.25, 0.3) is 0 Å². The second-order valence-electron chi connectivity index (χ2n) is 2.83. The van der Waals surface area contributed by atoms with Crippen LogP contribution in [0.15, 0.2) is 12.2 Å². The van der Waals surface area contributed by atoms with Gasteiger partial charge >= 0.3 is 0 Å². The van der Waals surface area contributed by atoms with E-state index in [1.807, 2.05) is 13.8 Å². The van der Waals surface area contributed by atoms with Crippen molar-refractivity contribution in [3.63, 3.8) is 0 Å². The van der Waals surface area contributed by atoms with Gasteiger partial charge in [0, 0.05) is 0 Å². The minimum absolute atomic E-state index is 0.105. The summed E-state index contributed by atoms with van der Waals surface area (Å²) in [4.78, 5) is 0. The Morgan fingerprint density at radius 3 is 2.67 bits per heavy atom. The van der Waals surface area contributed by atoms with Crippen molar-refractivity contribution in [2.45, 2.75) is 26.4 Å². The molecular formula is C8H14O. The smallest absolute Gasteiger partial charge is 0.0546 e. The van der Waals surface area contributed by atoms with Gasteiger partial charge in [0.2, 0.25) is 0 Å². The molecule has 0 saturated heterocycles. The fraction of sp³-hybridized carbons (Fsp3) is 0.750. The summed E-state index contributed by atoms with van der Waals surface area (Å²) in [5.74, 6) is 1.23. The first-order valence-corrected chi connectivity index (χ1v) is 3.56. The molecule has 1 N–H and O–H groups in total. The molecular weight excluding hydrogens is 112 g/mol. The molecule has 0 unspecified atom stereocenters. The lowest BCUT2D eigenvalue weighted by Gasteiger charge is -1.97. The second kappa shape index (κ2) is 2.53. The van der Waals surface area contributed by atoms with Crippen molar-refractivity contribution < 1.29 is 5.11 Å². The largest absolute Gasteiger partial charge is 0.393 e. The van der Waals surface area contributed by atoms with Crippen LogP contribution in [0.2, 0.25) is 0 Å². The van der Waals surface area contributed by atoms with Gasteiger partial charge in [-0.25, -0.2) is 0 Å². The van der Waals surface area contributed by atoms with Crippen LogP contribution < -0.4 is 0 Å². The van der Waals surface area contributed by atoms with E-state index in [1.54, 1.807) is 0 Å². The normalized spacial score (nSPS) is 37.2. The van der Waals surface area contributed by atoms with E-state index in [0.29, 0.717) is 11.8 Å². The lowest BCUT2D eigenvalue weighted by Crippen LogP contribution is -2.02. The molecule has 0 aliphatic heterocycles. The summed E-state index contributed by atoms with van der Waals surface area (Å²) in [6.45, 7) is 3.89. The first-order valence-electron chi connectivity index (χ1n) is 3.56. The lowest BCUT2D eigenvalue weighted by molar-refractivity contribution is 0.167. The minimum Gasteiger partial charge on any atom is -0.393 e. The maximum Gasteiger partial charge on any atom is 0.0546 e. The van der Waals surface area contributed by atoms with Crippen molar-refractivity contribution >= 4 is 0 Å². The van der Waals surface area contributed by atoms with E-state index in [9.17, 15) is 0 Å². The molecule has 1 saturated carbocycles. The number of rotatable bonds is 2. The molecule has 0 radical (unpaired) electrons. The molecule has 0 aromatic heterocycles. The molecule has 0 heterocycles. The van der Waals surface area contributed by atoms with Crippen molar-refractivity contribution in [1.82, 2.24) is 0 Å². The average molecular weight is 126 g/mol. The molecule has 0 spiro atoms. The van der Waals surface area contributed by atoms with Crippen molar-refractivity contribution in [2.24, 2.45) is 11.8 Å². The van der Waals surface area contributed by atoms with Crippen LogP contribution in [0, 0.1) is 11.8 Å². The molecule has 0 aromatic carbocycles. The third-order valence-electron chi connectivity index (χ3n) is 1.95. The van der Waals surface area contributed by atoms with Crippen LogP contribution in [0.3, 0.4) is 0 Å². The van der Waals surface area contributed by atoms with Crippen LogP contribution >= 0.6 is 0 Å². The highest BCUT2D eigenvalue weighted by molar-refractivity contribution is 5.02. The number of hydrogen-bond donors (Lipinski definition) is 1. The zero-order valence-corrected chi connectivity index (χ0v) is 6.04. The first-order chi connectivity index (χ1) is 4.25. The van der Waals surface area contributed by atoms with E-state index in [-0.39, 0.29) is 6.10 Å². The first kappa shape index (κ1) is 6.81. The third kappa shape index (κ3) is 1.55. The summed E-state index contributed by atoms with van der Waals surface area (Å²) in [5.41, 5.74) is 0. The molecule has 1 heteroatoms. The summed E-state index contributed by atoms with van der Waals surface area (Å²) in [7, 11) is 0. The fourth-order valence-electron chi connectivity index (χ4n) is 1.26. The summed E-state index contributed by atoms with van der Waals surface area (Å²) in [6.07, 6.45) is 5.32. The Labute approximate surface area is 56.4 Å². The SMILES string of the molecule is C/C=C/[C@@H]1C[C@H]1[C@H](C)O. The van der Waals surface area contributed by atoms with Crippen molar-refractivity contribution in [1.29, 1.82) is 0 Å². The average Bonchev–Trinajstić information content (AvgIpc) is 2.47. The van der Waals surface area contributed by atoms with Gasteiger partial charge in [-0.05, 0) is 32.1 Å². The topological polar surface area (TPSA) is 20.2 Å². The van der Waals surface area contributed by atoms with E-state index < -0.39 is 0 Å². The third-order valence-corrected chi connectivity index (χ3v) is 1.95. The van der Waals surface area contributed by atoms with Gasteiger partial charge in [0.15, 0.2) is 0 Å². The van der Waals surface area contributed by atoms with E-state index in [4.69, 9.17) is 5.11 Å². The van der Waals surface area contributed by atoms with E-state index >= 15 is 0 Å². The molecule has 0 aromatic rings. The number of hydrogen-bond acceptors (Lipinski definition) is 1. The van der Waals surface area contributed by atoms with E-state index in [2.05, 4.69) is 12.2 Å². The van der Waals surface area contributed by atoms with Crippen LogP contribution in [-0.2, 0) is 0 Å². The summed E-state index contributed by atoms with van der Waals surface area (Å²) < 4.78 is 0. The summed E-state index contributed by atoms with van der Waals surface area (Å²) in [6, 6.07) is 0. The van der Waals surface area contributed by atoms with Crippen molar-refractivity contribution in [3.05, 3.63) is 12.2 Å². The second-order valence-corrected chi connectivity index (χ2v) is 2.83. The molecule has 1 nitrogen and oxygen atoms in total. The van der Waals surface area contributed by atoms with Gasteiger partial charge in [0.25, 0.3) is 0 Å². The zero-order valence-electron chi connectivity index (χ0n) is 6.04. The highest BCUT2D eigenvalue weighted by Gasteiger charge is 2.37. The minimum atomic E-state index is -0.105. The van der Waals surface area contributed by atoms with Crippen LogP contribution in [0.4, 0.5) is 0 Å². The fourth-order valence-corrected chi connectivity index (χ4v) is 1.26. The predicted molar refractivity (Wildman–Crippen MR) is 38.1 cm³/mol. The molecule has 3 atom stereocenters. The standard InChI is InChI=1S/C8H14O/c1-3-4-7-5-8(7)6(2)9/h3-4,6-9H,5H2,1-2H3/b4-3+/t6-,7+,8-/m0/s1. The van der Waals surface area contributed by atoms with Gasteiger partial charge in [-0.15, -0.1) is 0 Å². The highest BCUT2D eigenvalue weighted by Crippen LogP contribution is 2.41.